The fraction of sp³-hybridized carbons (Fsp3) is 0.368. The summed E-state index contributed by atoms with van der Waals surface area (Å²) in [5.41, 5.74) is 0.586. The van der Waals surface area contributed by atoms with Crippen LogP contribution in [0.2, 0.25) is 5.02 Å². The Kier molecular flexibility index (Phi) is 8.19. The number of carbonyl (C=O) groups is 3. The molecule has 0 spiro atoms. The zero-order valence-corrected chi connectivity index (χ0v) is 17.9. The van der Waals surface area contributed by atoms with Crippen molar-refractivity contribution < 1.29 is 23.9 Å². The number of hydrogen-bond donors (Lipinski definition) is 2. The molecule has 11 heteroatoms. The fourth-order valence-electron chi connectivity index (χ4n) is 2.63. The highest BCUT2D eigenvalue weighted by atomic mass is 35.5. The van der Waals surface area contributed by atoms with Gasteiger partial charge in [0.15, 0.2) is 0 Å². The van der Waals surface area contributed by atoms with Crippen LogP contribution in [0.4, 0.5) is 11.5 Å². The van der Waals surface area contributed by atoms with Crippen LogP contribution in [0, 0.1) is 0 Å². The van der Waals surface area contributed by atoms with Crippen LogP contribution in [0.25, 0.3) is 0 Å². The summed E-state index contributed by atoms with van der Waals surface area (Å²) in [4.78, 5) is 38.2. The molecule has 2 rings (SSSR count). The van der Waals surface area contributed by atoms with E-state index < -0.39 is 11.9 Å². The Morgan fingerprint density at radius 2 is 1.87 bits per heavy atom. The van der Waals surface area contributed by atoms with Crippen molar-refractivity contribution >= 4 is 40.9 Å². The lowest BCUT2D eigenvalue weighted by molar-refractivity contribution is -0.119. The molecule has 0 saturated heterocycles. The van der Waals surface area contributed by atoms with Crippen LogP contribution in [0.15, 0.2) is 24.4 Å². The number of halogens is 1. The molecule has 2 aromatic rings. The zero-order valence-electron chi connectivity index (χ0n) is 17.2. The van der Waals surface area contributed by atoms with Crippen LogP contribution >= 0.6 is 11.6 Å². The number of aromatic nitrogens is 2. The summed E-state index contributed by atoms with van der Waals surface area (Å²) in [6.07, 6.45) is 1.32. The number of carbonyl (C=O) groups excluding carboxylic acids is 3. The first-order chi connectivity index (χ1) is 14.2. The Bertz CT molecular complexity index is 930. The third kappa shape index (κ3) is 6.19. The molecule has 30 heavy (non-hydrogen) atoms. The number of anilines is 2. The van der Waals surface area contributed by atoms with Gasteiger partial charge in [0.2, 0.25) is 11.8 Å². The molecule has 0 atom stereocenters. The molecule has 0 saturated carbocycles. The minimum Gasteiger partial charge on any atom is -0.495 e. The molecule has 2 N–H and O–H groups in total. The van der Waals surface area contributed by atoms with Crippen LogP contribution in [0.3, 0.4) is 0 Å². The van der Waals surface area contributed by atoms with E-state index in [4.69, 9.17) is 21.1 Å². The summed E-state index contributed by atoms with van der Waals surface area (Å²) in [7, 11) is 4.69. The van der Waals surface area contributed by atoms with Crippen molar-refractivity contribution in [3.8, 4) is 5.75 Å². The number of aryl methyl sites for hydroxylation is 1. The summed E-state index contributed by atoms with van der Waals surface area (Å²) < 4.78 is 11.5. The second-order valence-electron chi connectivity index (χ2n) is 6.36. The molecule has 0 radical (unpaired) electrons. The van der Waals surface area contributed by atoms with Crippen molar-refractivity contribution in [1.29, 1.82) is 0 Å². The van der Waals surface area contributed by atoms with Gasteiger partial charge in [0.05, 0.1) is 38.7 Å². The first-order valence-corrected chi connectivity index (χ1v) is 9.43. The van der Waals surface area contributed by atoms with Crippen molar-refractivity contribution in [3.05, 3.63) is 35.0 Å². The molecule has 2 amide bonds. The van der Waals surface area contributed by atoms with Crippen molar-refractivity contribution in [2.75, 3.05) is 44.5 Å². The predicted octanol–water partition coefficient (Wildman–Crippen LogP) is 1.77. The van der Waals surface area contributed by atoms with Gasteiger partial charge in [-0.05, 0) is 32.2 Å². The van der Waals surface area contributed by atoms with E-state index in [1.807, 2.05) is 0 Å². The molecule has 1 aromatic heterocycles. The number of benzene rings is 1. The average molecular weight is 438 g/mol. The van der Waals surface area contributed by atoms with E-state index in [1.165, 1.54) is 22.9 Å². The summed E-state index contributed by atoms with van der Waals surface area (Å²) in [6.45, 7) is 1.74. The second-order valence-corrected chi connectivity index (χ2v) is 6.80. The van der Waals surface area contributed by atoms with Gasteiger partial charge in [0.1, 0.15) is 17.1 Å². The largest absolute Gasteiger partial charge is 0.495 e. The van der Waals surface area contributed by atoms with Gasteiger partial charge in [0.25, 0.3) is 0 Å². The maximum atomic E-state index is 12.4. The lowest BCUT2D eigenvalue weighted by Crippen LogP contribution is -2.36. The molecule has 0 fully saturated rings. The van der Waals surface area contributed by atoms with Crippen molar-refractivity contribution in [2.24, 2.45) is 7.05 Å². The highest BCUT2D eigenvalue weighted by molar-refractivity contribution is 6.31. The van der Waals surface area contributed by atoms with Crippen LogP contribution in [-0.4, -0.2) is 66.3 Å². The van der Waals surface area contributed by atoms with E-state index in [-0.39, 0.29) is 37.0 Å². The number of methoxy groups -OCH3 is 1. The summed E-state index contributed by atoms with van der Waals surface area (Å²) in [5.74, 6) is -0.654. The highest BCUT2D eigenvalue weighted by Gasteiger charge is 2.20. The first-order valence-electron chi connectivity index (χ1n) is 9.06. The third-order valence-corrected chi connectivity index (χ3v) is 4.19. The minimum atomic E-state index is -0.580. The van der Waals surface area contributed by atoms with Gasteiger partial charge in [-0.1, -0.05) is 11.6 Å². The highest BCUT2D eigenvalue weighted by Crippen LogP contribution is 2.27. The number of esters is 1. The molecular formula is C19H24ClN5O5. The van der Waals surface area contributed by atoms with Crippen LogP contribution in [0.5, 0.6) is 5.75 Å². The zero-order chi connectivity index (χ0) is 22.3. The normalized spacial score (nSPS) is 10.6. The van der Waals surface area contributed by atoms with Gasteiger partial charge in [-0.2, -0.15) is 5.10 Å². The monoisotopic (exact) mass is 437 g/mol. The number of nitrogens with zero attached hydrogens (tertiary/aromatic N) is 3. The number of rotatable bonds is 9. The number of amides is 2. The average Bonchev–Trinajstić information content (AvgIpc) is 3.02. The predicted molar refractivity (Wildman–Crippen MR) is 112 cm³/mol. The van der Waals surface area contributed by atoms with Crippen LogP contribution in [0.1, 0.15) is 17.3 Å². The lowest BCUT2D eigenvalue weighted by atomic mass is 10.3. The summed E-state index contributed by atoms with van der Waals surface area (Å²) >= 11 is 5.96. The molecule has 0 aliphatic rings. The Morgan fingerprint density at radius 1 is 1.20 bits per heavy atom. The third-order valence-electron chi connectivity index (χ3n) is 3.95. The molecule has 0 bridgehead atoms. The van der Waals surface area contributed by atoms with E-state index in [1.54, 1.807) is 39.2 Å². The van der Waals surface area contributed by atoms with Gasteiger partial charge in [-0.25, -0.2) is 4.79 Å². The van der Waals surface area contributed by atoms with E-state index in [0.29, 0.717) is 16.5 Å². The number of ether oxygens (including phenoxy) is 2. The molecule has 0 unspecified atom stereocenters. The van der Waals surface area contributed by atoms with E-state index in [2.05, 4.69) is 15.7 Å². The Hall–Kier alpha value is -3.11. The maximum Gasteiger partial charge on any atom is 0.343 e. The minimum absolute atomic E-state index is 0.0563. The molecule has 1 aromatic carbocycles. The standard InChI is InChI=1S/C19H24ClN5O5/c1-5-30-19(28)13-9-21-25(3)18(13)23-17(27)11-24(2)10-16(26)22-14-8-12(20)6-7-15(14)29-4/h6-9H,5,10-11H2,1-4H3,(H,22,26)(H,23,27). The van der Waals surface area contributed by atoms with E-state index in [0.717, 1.165) is 0 Å². The Morgan fingerprint density at radius 3 is 2.50 bits per heavy atom. The second kappa shape index (κ2) is 10.6. The van der Waals surface area contributed by atoms with Gasteiger partial charge >= 0.3 is 5.97 Å². The first kappa shape index (κ1) is 23.2. The topological polar surface area (TPSA) is 115 Å². The lowest BCUT2D eigenvalue weighted by Gasteiger charge is -2.17. The molecule has 0 aliphatic carbocycles. The van der Waals surface area contributed by atoms with Crippen molar-refractivity contribution in [1.82, 2.24) is 14.7 Å². The molecule has 0 aliphatic heterocycles. The van der Waals surface area contributed by atoms with Gasteiger partial charge in [0, 0.05) is 12.1 Å². The van der Waals surface area contributed by atoms with E-state index >= 15 is 0 Å². The van der Waals surface area contributed by atoms with Crippen LogP contribution in [-0.2, 0) is 21.4 Å². The van der Waals surface area contributed by atoms with Gasteiger partial charge < -0.3 is 20.1 Å². The van der Waals surface area contributed by atoms with Crippen molar-refractivity contribution in [3.63, 3.8) is 0 Å². The SMILES string of the molecule is CCOC(=O)c1cnn(C)c1NC(=O)CN(C)CC(=O)Nc1cc(Cl)ccc1OC. The van der Waals surface area contributed by atoms with Gasteiger partial charge in [-0.15, -0.1) is 0 Å². The molecule has 1 heterocycles. The molecule has 10 nitrogen and oxygen atoms in total. The van der Waals surface area contributed by atoms with Crippen LogP contribution < -0.4 is 15.4 Å². The fourth-order valence-corrected chi connectivity index (χ4v) is 2.80. The molecular weight excluding hydrogens is 414 g/mol. The van der Waals surface area contributed by atoms with Crippen molar-refractivity contribution in [2.45, 2.75) is 6.92 Å². The molecule has 162 valence electrons. The number of likely N-dealkylation sites (N-methyl/N-ethyl adjacent to an activating group) is 1. The van der Waals surface area contributed by atoms with E-state index in [9.17, 15) is 14.4 Å². The smallest absolute Gasteiger partial charge is 0.343 e. The number of nitrogens with one attached hydrogen (secondary N) is 2. The Balaban J connectivity index is 1.94. The number of hydrogen-bond acceptors (Lipinski definition) is 7. The summed E-state index contributed by atoms with van der Waals surface area (Å²) in [6, 6.07) is 4.87. The quantitative estimate of drug-likeness (QED) is 0.574. The Labute approximate surface area is 179 Å². The maximum absolute atomic E-state index is 12.4. The summed E-state index contributed by atoms with van der Waals surface area (Å²) in [5, 5.41) is 9.75. The van der Waals surface area contributed by atoms with Gasteiger partial charge in [-0.3, -0.25) is 19.2 Å².